The van der Waals surface area contributed by atoms with Crippen LogP contribution in [0.25, 0.3) is 0 Å². The minimum absolute atomic E-state index is 0.000264. The summed E-state index contributed by atoms with van der Waals surface area (Å²) < 4.78 is 5.46. The van der Waals surface area contributed by atoms with Gasteiger partial charge in [0.1, 0.15) is 0 Å². The second-order valence-corrected chi connectivity index (χ2v) is 8.78. The van der Waals surface area contributed by atoms with Gasteiger partial charge >= 0.3 is 0 Å². The van der Waals surface area contributed by atoms with Crippen molar-refractivity contribution in [2.75, 3.05) is 46.4 Å². The van der Waals surface area contributed by atoms with E-state index in [1.807, 2.05) is 13.8 Å². The SMILES string of the molecule is CC(C)C(=O)NCC1N(C(=O)C2CCOC2)CCCC12CCN(C)CC2. The molecule has 6 heteroatoms. The Labute approximate surface area is 157 Å². The van der Waals surface area contributed by atoms with Gasteiger partial charge < -0.3 is 19.9 Å². The predicted molar refractivity (Wildman–Crippen MR) is 101 cm³/mol. The summed E-state index contributed by atoms with van der Waals surface area (Å²) >= 11 is 0. The number of hydrogen-bond acceptors (Lipinski definition) is 4. The molecule has 3 heterocycles. The summed E-state index contributed by atoms with van der Waals surface area (Å²) in [5.74, 6) is 0.290. The third kappa shape index (κ3) is 4.06. The third-order valence-corrected chi connectivity index (χ3v) is 6.70. The van der Waals surface area contributed by atoms with Crippen LogP contribution in [0.5, 0.6) is 0 Å². The number of piperidine rings is 2. The Morgan fingerprint density at radius 1 is 1.19 bits per heavy atom. The first-order chi connectivity index (χ1) is 12.4. The van der Waals surface area contributed by atoms with Gasteiger partial charge in [0.2, 0.25) is 11.8 Å². The Kier molecular flexibility index (Phi) is 6.23. The average molecular weight is 366 g/mol. The number of carbonyl (C=O) groups excluding carboxylic acids is 2. The van der Waals surface area contributed by atoms with Gasteiger partial charge in [-0.25, -0.2) is 0 Å². The van der Waals surface area contributed by atoms with E-state index in [1.165, 1.54) is 0 Å². The van der Waals surface area contributed by atoms with Crippen molar-refractivity contribution in [2.24, 2.45) is 17.3 Å². The lowest BCUT2D eigenvalue weighted by Gasteiger charge is -2.53. The standard InChI is InChI=1S/C20H35N3O3/c1-15(2)18(24)21-13-17-20(7-10-22(3)11-8-20)6-4-9-23(17)19(25)16-5-12-26-14-16/h15-17H,4-14H2,1-3H3,(H,21,24). The average Bonchev–Trinajstić information content (AvgIpc) is 3.16. The van der Waals surface area contributed by atoms with Crippen molar-refractivity contribution < 1.29 is 14.3 Å². The monoisotopic (exact) mass is 365 g/mol. The zero-order chi connectivity index (χ0) is 18.7. The molecule has 2 amide bonds. The second-order valence-electron chi connectivity index (χ2n) is 8.78. The van der Waals surface area contributed by atoms with Crippen LogP contribution in [-0.4, -0.2) is 74.1 Å². The van der Waals surface area contributed by atoms with Crippen molar-refractivity contribution in [3.8, 4) is 0 Å². The van der Waals surface area contributed by atoms with Gasteiger partial charge in [-0.1, -0.05) is 13.8 Å². The minimum Gasteiger partial charge on any atom is -0.381 e. The molecule has 1 spiro atoms. The van der Waals surface area contributed by atoms with Crippen LogP contribution in [0.1, 0.15) is 46.0 Å². The molecular weight excluding hydrogens is 330 g/mol. The van der Waals surface area contributed by atoms with E-state index >= 15 is 0 Å². The maximum Gasteiger partial charge on any atom is 0.228 e. The molecule has 0 saturated carbocycles. The Balaban J connectivity index is 1.78. The molecule has 26 heavy (non-hydrogen) atoms. The fourth-order valence-corrected chi connectivity index (χ4v) is 4.86. The van der Waals surface area contributed by atoms with Gasteiger partial charge in [0, 0.05) is 25.6 Å². The molecule has 3 rings (SSSR count). The van der Waals surface area contributed by atoms with Crippen molar-refractivity contribution in [3.63, 3.8) is 0 Å². The maximum atomic E-state index is 13.2. The Hall–Kier alpha value is -1.14. The molecule has 2 atom stereocenters. The Morgan fingerprint density at radius 3 is 2.54 bits per heavy atom. The molecule has 3 aliphatic rings. The summed E-state index contributed by atoms with van der Waals surface area (Å²) in [6.07, 6.45) is 5.27. The summed E-state index contributed by atoms with van der Waals surface area (Å²) in [4.78, 5) is 29.9. The predicted octanol–water partition coefficient (Wildman–Crippen LogP) is 1.50. The molecule has 148 valence electrons. The van der Waals surface area contributed by atoms with E-state index in [0.717, 1.165) is 51.7 Å². The fourth-order valence-electron chi connectivity index (χ4n) is 4.86. The van der Waals surface area contributed by atoms with Gasteiger partial charge in [-0.3, -0.25) is 9.59 Å². The highest BCUT2D eigenvalue weighted by atomic mass is 16.5. The van der Waals surface area contributed by atoms with Crippen molar-refractivity contribution in [1.29, 1.82) is 0 Å². The first-order valence-electron chi connectivity index (χ1n) is 10.3. The number of nitrogens with one attached hydrogen (secondary N) is 1. The zero-order valence-corrected chi connectivity index (χ0v) is 16.6. The van der Waals surface area contributed by atoms with E-state index in [2.05, 4.69) is 22.2 Å². The van der Waals surface area contributed by atoms with Crippen LogP contribution >= 0.6 is 0 Å². The molecule has 1 N–H and O–H groups in total. The normalized spacial score (nSPS) is 29.3. The summed E-state index contributed by atoms with van der Waals surface area (Å²) in [7, 11) is 2.17. The van der Waals surface area contributed by atoms with Crippen LogP contribution in [0.2, 0.25) is 0 Å². The molecule has 0 aliphatic carbocycles. The van der Waals surface area contributed by atoms with Crippen molar-refractivity contribution in [1.82, 2.24) is 15.1 Å². The molecule has 0 bridgehead atoms. The third-order valence-electron chi connectivity index (χ3n) is 6.70. The topological polar surface area (TPSA) is 61.9 Å². The molecular formula is C20H35N3O3. The lowest BCUT2D eigenvalue weighted by molar-refractivity contribution is -0.147. The smallest absolute Gasteiger partial charge is 0.228 e. The molecule has 3 saturated heterocycles. The molecule has 3 aliphatic heterocycles. The van der Waals surface area contributed by atoms with Gasteiger partial charge in [0.05, 0.1) is 18.6 Å². The number of likely N-dealkylation sites (tertiary alicyclic amines) is 2. The van der Waals surface area contributed by atoms with Gasteiger partial charge in [0.25, 0.3) is 0 Å². The first kappa shape index (κ1) is 19.6. The summed E-state index contributed by atoms with van der Waals surface area (Å²) in [6.45, 7) is 8.62. The summed E-state index contributed by atoms with van der Waals surface area (Å²) in [5.41, 5.74) is 0.143. The highest BCUT2D eigenvalue weighted by molar-refractivity contribution is 5.80. The van der Waals surface area contributed by atoms with Crippen molar-refractivity contribution in [2.45, 2.75) is 52.0 Å². The van der Waals surface area contributed by atoms with Crippen molar-refractivity contribution in [3.05, 3.63) is 0 Å². The van der Waals surface area contributed by atoms with E-state index < -0.39 is 0 Å². The maximum absolute atomic E-state index is 13.2. The van der Waals surface area contributed by atoms with Gasteiger partial charge in [-0.15, -0.1) is 0 Å². The van der Waals surface area contributed by atoms with E-state index in [1.54, 1.807) is 0 Å². The van der Waals surface area contributed by atoms with Crippen molar-refractivity contribution >= 4 is 11.8 Å². The van der Waals surface area contributed by atoms with Crippen LogP contribution < -0.4 is 5.32 Å². The highest BCUT2D eigenvalue weighted by Gasteiger charge is 2.48. The lowest BCUT2D eigenvalue weighted by atomic mass is 9.66. The van der Waals surface area contributed by atoms with Crippen LogP contribution in [0.3, 0.4) is 0 Å². The largest absolute Gasteiger partial charge is 0.381 e. The van der Waals surface area contributed by atoms with E-state index in [9.17, 15) is 9.59 Å². The van der Waals surface area contributed by atoms with E-state index in [4.69, 9.17) is 4.74 Å². The fraction of sp³-hybridized carbons (Fsp3) is 0.900. The molecule has 0 aromatic carbocycles. The van der Waals surface area contributed by atoms with Crippen LogP contribution in [0.4, 0.5) is 0 Å². The van der Waals surface area contributed by atoms with Crippen LogP contribution in [0.15, 0.2) is 0 Å². The number of nitrogens with zero attached hydrogens (tertiary/aromatic N) is 2. The zero-order valence-electron chi connectivity index (χ0n) is 16.6. The number of ether oxygens (including phenoxy) is 1. The van der Waals surface area contributed by atoms with Gasteiger partial charge in [0.15, 0.2) is 0 Å². The highest BCUT2D eigenvalue weighted by Crippen LogP contribution is 2.44. The molecule has 0 radical (unpaired) electrons. The molecule has 3 fully saturated rings. The molecule has 2 unspecified atom stereocenters. The van der Waals surface area contributed by atoms with Gasteiger partial charge in [-0.05, 0) is 57.7 Å². The Morgan fingerprint density at radius 2 is 1.92 bits per heavy atom. The minimum atomic E-state index is -0.0283. The number of hydrogen-bond donors (Lipinski definition) is 1. The van der Waals surface area contributed by atoms with E-state index in [0.29, 0.717) is 19.8 Å². The molecule has 0 aromatic heterocycles. The molecule has 0 aromatic rings. The quantitative estimate of drug-likeness (QED) is 0.820. The first-order valence-corrected chi connectivity index (χ1v) is 10.3. The Bertz CT molecular complexity index is 508. The van der Waals surface area contributed by atoms with Crippen LogP contribution in [0, 0.1) is 17.3 Å². The van der Waals surface area contributed by atoms with Gasteiger partial charge in [-0.2, -0.15) is 0 Å². The lowest BCUT2D eigenvalue weighted by Crippen LogP contribution is -2.62. The molecule has 6 nitrogen and oxygen atoms in total. The number of carbonyl (C=O) groups is 2. The number of rotatable bonds is 4. The number of amides is 2. The second kappa shape index (κ2) is 8.26. The summed E-state index contributed by atoms with van der Waals surface area (Å²) in [6, 6.07) is 0.112. The summed E-state index contributed by atoms with van der Waals surface area (Å²) in [5, 5.41) is 3.13. The van der Waals surface area contributed by atoms with Crippen LogP contribution in [-0.2, 0) is 14.3 Å². The van der Waals surface area contributed by atoms with E-state index in [-0.39, 0.29) is 35.1 Å².